The standard InChI is InChI=1S/C9H9N3O/c10-5-3-7(11)6-1-2-9(13)12-8(6)4-5/h1-4H,10-11H2,(H,12,13). The summed E-state index contributed by atoms with van der Waals surface area (Å²) in [4.78, 5) is 13.6. The molecule has 2 rings (SSSR count). The van der Waals surface area contributed by atoms with Crippen molar-refractivity contribution in [2.45, 2.75) is 0 Å². The molecular weight excluding hydrogens is 166 g/mol. The summed E-state index contributed by atoms with van der Waals surface area (Å²) in [5.41, 5.74) is 12.9. The minimum atomic E-state index is -0.155. The Morgan fingerprint density at radius 2 is 1.92 bits per heavy atom. The average Bonchev–Trinajstić information content (AvgIpc) is 2.02. The number of nitrogens with one attached hydrogen (secondary N) is 1. The summed E-state index contributed by atoms with van der Waals surface area (Å²) >= 11 is 0. The normalized spacial score (nSPS) is 10.5. The van der Waals surface area contributed by atoms with Crippen molar-refractivity contribution >= 4 is 22.3 Å². The molecule has 5 N–H and O–H groups in total. The smallest absolute Gasteiger partial charge is 0.248 e. The van der Waals surface area contributed by atoms with Crippen molar-refractivity contribution in [2.24, 2.45) is 0 Å². The highest BCUT2D eigenvalue weighted by molar-refractivity contribution is 5.92. The van der Waals surface area contributed by atoms with Crippen LogP contribution in [-0.2, 0) is 0 Å². The van der Waals surface area contributed by atoms with Crippen LogP contribution in [0.4, 0.5) is 11.4 Å². The molecule has 0 radical (unpaired) electrons. The van der Waals surface area contributed by atoms with E-state index < -0.39 is 0 Å². The number of rotatable bonds is 0. The third-order valence-electron chi connectivity index (χ3n) is 1.89. The Labute approximate surface area is 74.2 Å². The zero-order valence-electron chi connectivity index (χ0n) is 6.87. The first-order valence-corrected chi connectivity index (χ1v) is 3.85. The molecule has 1 aromatic carbocycles. The van der Waals surface area contributed by atoms with Crippen LogP contribution < -0.4 is 17.0 Å². The van der Waals surface area contributed by atoms with Gasteiger partial charge in [0.25, 0.3) is 0 Å². The molecule has 0 unspecified atom stereocenters. The van der Waals surface area contributed by atoms with Gasteiger partial charge in [0.05, 0.1) is 5.52 Å². The Bertz CT molecular complexity index is 516. The van der Waals surface area contributed by atoms with Crippen molar-refractivity contribution < 1.29 is 0 Å². The van der Waals surface area contributed by atoms with E-state index >= 15 is 0 Å². The third-order valence-corrected chi connectivity index (χ3v) is 1.89. The Morgan fingerprint density at radius 1 is 1.15 bits per heavy atom. The van der Waals surface area contributed by atoms with Crippen molar-refractivity contribution in [1.82, 2.24) is 4.98 Å². The molecule has 0 fully saturated rings. The predicted molar refractivity (Wildman–Crippen MR) is 53.4 cm³/mol. The van der Waals surface area contributed by atoms with E-state index in [1.165, 1.54) is 6.07 Å². The van der Waals surface area contributed by atoms with Gasteiger partial charge in [0, 0.05) is 22.8 Å². The number of fused-ring (bicyclic) bond motifs is 1. The number of hydrogen-bond donors (Lipinski definition) is 3. The second-order valence-electron chi connectivity index (χ2n) is 2.89. The zero-order chi connectivity index (χ0) is 9.42. The molecule has 1 aromatic heterocycles. The number of pyridine rings is 1. The van der Waals surface area contributed by atoms with E-state index in [1.54, 1.807) is 18.2 Å². The van der Waals surface area contributed by atoms with Gasteiger partial charge in [-0.05, 0) is 18.2 Å². The molecule has 0 saturated heterocycles. The van der Waals surface area contributed by atoms with Gasteiger partial charge in [0.2, 0.25) is 5.56 Å². The second-order valence-corrected chi connectivity index (χ2v) is 2.89. The highest BCUT2D eigenvalue weighted by Gasteiger charge is 1.99. The maximum Gasteiger partial charge on any atom is 0.248 e. The van der Waals surface area contributed by atoms with E-state index in [-0.39, 0.29) is 5.56 Å². The number of nitrogens with two attached hydrogens (primary N) is 2. The highest BCUT2D eigenvalue weighted by Crippen LogP contribution is 2.21. The van der Waals surface area contributed by atoms with Gasteiger partial charge >= 0.3 is 0 Å². The summed E-state index contributed by atoms with van der Waals surface area (Å²) in [6, 6.07) is 6.48. The van der Waals surface area contributed by atoms with E-state index in [0.29, 0.717) is 16.9 Å². The van der Waals surface area contributed by atoms with Crippen molar-refractivity contribution in [1.29, 1.82) is 0 Å². The van der Waals surface area contributed by atoms with Gasteiger partial charge < -0.3 is 16.5 Å². The van der Waals surface area contributed by atoms with Crippen LogP contribution in [0.5, 0.6) is 0 Å². The minimum absolute atomic E-state index is 0.155. The van der Waals surface area contributed by atoms with Gasteiger partial charge in [0.1, 0.15) is 0 Å². The quantitative estimate of drug-likeness (QED) is 0.515. The Kier molecular flexibility index (Phi) is 1.48. The van der Waals surface area contributed by atoms with Crippen LogP contribution in [0, 0.1) is 0 Å². The van der Waals surface area contributed by atoms with Gasteiger partial charge in [-0.25, -0.2) is 0 Å². The van der Waals surface area contributed by atoms with Crippen LogP contribution >= 0.6 is 0 Å². The first-order valence-electron chi connectivity index (χ1n) is 3.85. The Morgan fingerprint density at radius 3 is 2.69 bits per heavy atom. The SMILES string of the molecule is Nc1cc(N)c2ccc(=O)[nH]c2c1. The molecule has 66 valence electrons. The lowest BCUT2D eigenvalue weighted by molar-refractivity contribution is 1.31. The molecule has 13 heavy (non-hydrogen) atoms. The van der Waals surface area contributed by atoms with E-state index in [9.17, 15) is 4.79 Å². The van der Waals surface area contributed by atoms with Crippen molar-refractivity contribution in [3.63, 3.8) is 0 Å². The number of aromatic nitrogens is 1. The summed E-state index contributed by atoms with van der Waals surface area (Å²) in [7, 11) is 0. The van der Waals surface area contributed by atoms with E-state index in [2.05, 4.69) is 4.98 Å². The summed E-state index contributed by atoms with van der Waals surface area (Å²) in [6.07, 6.45) is 0. The molecule has 4 nitrogen and oxygen atoms in total. The van der Waals surface area contributed by atoms with E-state index in [1.807, 2.05) is 0 Å². The van der Waals surface area contributed by atoms with Gasteiger partial charge in [-0.2, -0.15) is 0 Å². The molecule has 0 aliphatic heterocycles. The van der Waals surface area contributed by atoms with Gasteiger partial charge in [-0.15, -0.1) is 0 Å². The lowest BCUT2D eigenvalue weighted by Gasteiger charge is -2.02. The predicted octanol–water partition coefficient (Wildman–Crippen LogP) is 0.693. The molecule has 0 aliphatic carbocycles. The zero-order valence-corrected chi connectivity index (χ0v) is 6.87. The number of nitrogen functional groups attached to an aromatic ring is 2. The topological polar surface area (TPSA) is 84.9 Å². The molecule has 0 aliphatic rings. The molecular formula is C9H9N3O. The van der Waals surface area contributed by atoms with Crippen LogP contribution in [0.25, 0.3) is 10.9 Å². The van der Waals surface area contributed by atoms with E-state index in [0.717, 1.165) is 5.39 Å². The summed E-state index contributed by atoms with van der Waals surface area (Å²) in [5, 5.41) is 0.814. The highest BCUT2D eigenvalue weighted by atomic mass is 16.1. The molecule has 4 heteroatoms. The number of aromatic amines is 1. The fourth-order valence-electron chi connectivity index (χ4n) is 1.32. The summed E-state index contributed by atoms with van der Waals surface area (Å²) in [5.74, 6) is 0. The maximum absolute atomic E-state index is 11.0. The lowest BCUT2D eigenvalue weighted by atomic mass is 10.1. The molecule has 0 spiro atoms. The molecule has 0 amide bonds. The molecule has 0 bridgehead atoms. The lowest BCUT2D eigenvalue weighted by Crippen LogP contribution is -2.04. The van der Waals surface area contributed by atoms with Crippen molar-refractivity contribution in [3.05, 3.63) is 34.6 Å². The largest absolute Gasteiger partial charge is 0.399 e. The van der Waals surface area contributed by atoms with Gasteiger partial charge in [0.15, 0.2) is 0 Å². The molecule has 1 heterocycles. The molecule has 0 saturated carbocycles. The third kappa shape index (κ3) is 1.22. The number of H-pyrrole nitrogens is 1. The summed E-state index contributed by atoms with van der Waals surface area (Å²) in [6.45, 7) is 0. The number of benzene rings is 1. The fourth-order valence-corrected chi connectivity index (χ4v) is 1.32. The van der Waals surface area contributed by atoms with Crippen LogP contribution in [-0.4, -0.2) is 4.98 Å². The number of hydrogen-bond acceptors (Lipinski definition) is 3. The Hall–Kier alpha value is -1.97. The molecule has 2 aromatic rings. The maximum atomic E-state index is 11.0. The first-order chi connectivity index (χ1) is 6.16. The number of anilines is 2. The average molecular weight is 175 g/mol. The van der Waals surface area contributed by atoms with Crippen molar-refractivity contribution in [2.75, 3.05) is 11.5 Å². The summed E-state index contributed by atoms with van der Waals surface area (Å²) < 4.78 is 0. The molecule has 0 atom stereocenters. The second kappa shape index (κ2) is 2.52. The van der Waals surface area contributed by atoms with Crippen LogP contribution in [0.15, 0.2) is 29.1 Å². The van der Waals surface area contributed by atoms with Crippen molar-refractivity contribution in [3.8, 4) is 0 Å². The Balaban J connectivity index is 2.94. The van der Waals surface area contributed by atoms with E-state index in [4.69, 9.17) is 11.5 Å². The fraction of sp³-hybridized carbons (Fsp3) is 0. The van der Waals surface area contributed by atoms with Crippen LogP contribution in [0.2, 0.25) is 0 Å². The monoisotopic (exact) mass is 175 g/mol. The minimum Gasteiger partial charge on any atom is -0.399 e. The first kappa shape index (κ1) is 7.67. The van der Waals surface area contributed by atoms with Gasteiger partial charge in [-0.1, -0.05) is 0 Å². The van der Waals surface area contributed by atoms with Gasteiger partial charge in [-0.3, -0.25) is 4.79 Å². The van der Waals surface area contributed by atoms with Crippen LogP contribution in [0.1, 0.15) is 0 Å². The van der Waals surface area contributed by atoms with Crippen LogP contribution in [0.3, 0.4) is 0 Å².